The van der Waals surface area contributed by atoms with Crippen molar-refractivity contribution in [3.8, 4) is 0 Å². The van der Waals surface area contributed by atoms with Gasteiger partial charge in [0.15, 0.2) is 18.3 Å². The molecule has 3 aliphatic rings. The van der Waals surface area contributed by atoms with E-state index in [2.05, 4.69) is 15.0 Å². The van der Waals surface area contributed by atoms with Gasteiger partial charge in [0, 0.05) is 62.3 Å². The van der Waals surface area contributed by atoms with Gasteiger partial charge in [-0.1, -0.05) is 5.11 Å². The second-order valence-electron chi connectivity index (χ2n) is 14.0. The normalized spacial score (nSPS) is 31.5. The molecule has 3 saturated heterocycles. The smallest absolute Gasteiger partial charge is 0.463 e. The van der Waals surface area contributed by atoms with Crippen LogP contribution in [0.2, 0.25) is 0 Å². The SMILES string of the molecule is CC(=O)OC[C@H]1O[C@@H](SCCOP(=O)(OCCS[C@@H]2O[C@H](CO)[C@@H](O)[C@H](O)[C@H]2O)OC[C@H]2O[C@@H](n3cc(C)c(=O)[nH]c3=O)C[C@H]2N=[N+]=[N-])[C@H](OC(C)=O)[C@@H](OC(C)=O)[C@@H]1OC(C)=O. The molecule has 4 rings (SSSR count). The summed E-state index contributed by atoms with van der Waals surface area (Å²) in [5, 5.41) is 43.9. The zero-order valence-corrected chi connectivity index (χ0v) is 37.0. The molecule has 0 aromatic carbocycles. The summed E-state index contributed by atoms with van der Waals surface area (Å²) in [5.74, 6) is -3.42. The van der Waals surface area contributed by atoms with E-state index in [4.69, 9.17) is 46.7 Å². The number of thioether (sulfide) groups is 2. The van der Waals surface area contributed by atoms with Gasteiger partial charge in [0.1, 0.15) is 54.2 Å². The second kappa shape index (κ2) is 24.1. The third-order valence-corrected chi connectivity index (χ3v) is 13.0. The molecule has 14 atom stereocenters. The number of aliphatic hydroxyl groups excluding tert-OH is 4. The first kappa shape index (κ1) is 52.0. The Balaban J connectivity index is 1.52. The summed E-state index contributed by atoms with van der Waals surface area (Å²) in [6.45, 7) is 3.21. The van der Waals surface area contributed by atoms with E-state index in [1.54, 1.807) is 0 Å². The average Bonchev–Trinajstić information content (AvgIpc) is 3.61. The van der Waals surface area contributed by atoms with Gasteiger partial charge in [0.25, 0.3) is 5.56 Å². The predicted molar refractivity (Wildman–Crippen MR) is 214 cm³/mol. The van der Waals surface area contributed by atoms with Crippen LogP contribution in [0.15, 0.2) is 20.9 Å². The van der Waals surface area contributed by atoms with Crippen molar-refractivity contribution in [3.63, 3.8) is 0 Å². The van der Waals surface area contributed by atoms with E-state index in [-0.39, 0.29) is 23.5 Å². The van der Waals surface area contributed by atoms with Crippen molar-refractivity contribution in [1.29, 1.82) is 0 Å². The summed E-state index contributed by atoms with van der Waals surface area (Å²) in [6.07, 6.45) is -12.5. The lowest BCUT2D eigenvalue weighted by Gasteiger charge is -2.44. The number of carbonyl (C=O) groups is 4. The summed E-state index contributed by atoms with van der Waals surface area (Å²) >= 11 is 1.78. The lowest BCUT2D eigenvalue weighted by atomic mass is 9.99. The Bertz CT molecular complexity index is 1970. The molecule has 63 heavy (non-hydrogen) atoms. The Labute approximate surface area is 366 Å². The highest BCUT2D eigenvalue weighted by molar-refractivity contribution is 8.00. The first-order valence-electron chi connectivity index (χ1n) is 19.2. The number of aromatic amines is 1. The van der Waals surface area contributed by atoms with Crippen molar-refractivity contribution < 1.29 is 90.9 Å². The minimum Gasteiger partial charge on any atom is -0.463 e. The molecule has 1 aromatic rings. The zero-order valence-electron chi connectivity index (χ0n) is 34.5. The molecule has 26 nitrogen and oxygen atoms in total. The number of nitrogens with one attached hydrogen (secondary N) is 1. The van der Waals surface area contributed by atoms with E-state index >= 15 is 0 Å². The molecule has 354 valence electrons. The molecule has 0 spiro atoms. The minimum atomic E-state index is -4.66. The maximum absolute atomic E-state index is 14.2. The van der Waals surface area contributed by atoms with Gasteiger partial charge in [-0.05, 0) is 12.5 Å². The molecule has 0 bridgehead atoms. The quantitative estimate of drug-likeness (QED) is 0.0194. The van der Waals surface area contributed by atoms with Crippen LogP contribution in [0.25, 0.3) is 10.4 Å². The molecular weight excluding hydrogens is 909 g/mol. The van der Waals surface area contributed by atoms with Crippen LogP contribution in [0.1, 0.15) is 45.9 Å². The number of azide groups is 1. The first-order chi connectivity index (χ1) is 29.8. The first-order valence-corrected chi connectivity index (χ1v) is 22.7. The standard InChI is InChI=1S/C34H50N5O21PS2/c1-15-11-39(34(49)36-31(15)48)24-10-20(37-38-35)22(58-24)14-54-61(50,52-6-8-62-32-27(47)26(46)25(45)21(12-40)59-32)53-7-9-63-33-30(57-19(5)44)29(56-18(4)43)28(55-17(3)42)23(60-33)13-51-16(2)41/h11,20-30,32-33,40,45-47H,6-10,12-14H2,1-5H3,(H,36,48,49)/t20-,21-,22-,23-,24-,25-,26+,27-,28-,29+,30-,32+,33+,61?/m1/s1. The van der Waals surface area contributed by atoms with Crippen LogP contribution < -0.4 is 11.2 Å². The Kier molecular flexibility index (Phi) is 19.9. The average molecular weight is 960 g/mol. The molecule has 0 saturated carbocycles. The summed E-state index contributed by atoms with van der Waals surface area (Å²) in [4.78, 5) is 77.8. The second-order valence-corrected chi connectivity index (χ2v) is 18.1. The Morgan fingerprint density at radius 2 is 1.41 bits per heavy atom. The molecule has 5 N–H and O–H groups in total. The molecule has 3 aliphatic heterocycles. The van der Waals surface area contributed by atoms with Crippen molar-refractivity contribution in [1.82, 2.24) is 9.55 Å². The van der Waals surface area contributed by atoms with E-state index in [1.807, 2.05) is 0 Å². The highest BCUT2D eigenvalue weighted by Crippen LogP contribution is 2.51. The van der Waals surface area contributed by atoms with Crippen molar-refractivity contribution in [3.05, 3.63) is 43.0 Å². The van der Waals surface area contributed by atoms with Crippen molar-refractivity contribution in [2.45, 2.75) is 119 Å². The molecule has 1 unspecified atom stereocenters. The highest BCUT2D eigenvalue weighted by Gasteiger charge is 2.52. The Morgan fingerprint density at radius 3 is 2.00 bits per heavy atom. The van der Waals surface area contributed by atoms with Gasteiger partial charge in [-0.3, -0.25) is 47.1 Å². The number of hydrogen-bond donors (Lipinski definition) is 5. The van der Waals surface area contributed by atoms with Gasteiger partial charge >= 0.3 is 37.4 Å². The number of aryl methyl sites for hydroxylation is 1. The Hall–Kier alpha value is -3.60. The highest BCUT2D eigenvalue weighted by atomic mass is 32.2. The van der Waals surface area contributed by atoms with Crippen molar-refractivity contribution in [2.75, 3.05) is 44.5 Å². The number of rotatable bonds is 21. The number of carbonyl (C=O) groups excluding carboxylic acids is 4. The Morgan fingerprint density at radius 1 is 0.825 bits per heavy atom. The zero-order chi connectivity index (χ0) is 46.6. The van der Waals surface area contributed by atoms with Gasteiger partial charge < -0.3 is 53.6 Å². The van der Waals surface area contributed by atoms with Crippen LogP contribution >= 0.6 is 31.3 Å². The molecule has 29 heteroatoms. The number of hydrogen-bond acceptors (Lipinski definition) is 24. The third kappa shape index (κ3) is 14.7. The van der Waals surface area contributed by atoms with E-state index in [0.29, 0.717) is 0 Å². The van der Waals surface area contributed by atoms with E-state index < -0.39 is 154 Å². The summed E-state index contributed by atoms with van der Waals surface area (Å²) < 4.78 is 71.1. The topological polar surface area (TPSA) is 362 Å². The molecule has 3 fully saturated rings. The van der Waals surface area contributed by atoms with Crippen LogP contribution in [0.4, 0.5) is 0 Å². The van der Waals surface area contributed by atoms with Gasteiger partial charge in [0.05, 0.1) is 38.6 Å². The molecule has 0 radical (unpaired) electrons. The molecule has 1 aromatic heterocycles. The lowest BCUT2D eigenvalue weighted by Crippen LogP contribution is -2.61. The number of aliphatic hydroxyl groups is 4. The number of esters is 4. The fraction of sp³-hybridized carbons (Fsp3) is 0.765. The van der Waals surface area contributed by atoms with Gasteiger partial charge in [-0.2, -0.15) is 0 Å². The number of phosphoric acid groups is 1. The maximum Gasteiger partial charge on any atom is 0.474 e. The van der Waals surface area contributed by atoms with Crippen LogP contribution in [-0.2, 0) is 70.5 Å². The van der Waals surface area contributed by atoms with E-state index in [9.17, 15) is 59.3 Å². The van der Waals surface area contributed by atoms with Gasteiger partial charge in [0.2, 0.25) is 0 Å². The third-order valence-electron chi connectivity index (χ3n) is 9.28. The monoisotopic (exact) mass is 959 g/mol. The molecule has 0 amide bonds. The van der Waals surface area contributed by atoms with Crippen LogP contribution in [0, 0.1) is 6.92 Å². The summed E-state index contributed by atoms with van der Waals surface area (Å²) in [6, 6.07) is -0.979. The van der Waals surface area contributed by atoms with Crippen LogP contribution in [0.5, 0.6) is 0 Å². The minimum absolute atomic E-state index is 0.0577. The fourth-order valence-electron chi connectivity index (χ4n) is 6.45. The van der Waals surface area contributed by atoms with Crippen molar-refractivity contribution >= 4 is 55.2 Å². The van der Waals surface area contributed by atoms with Gasteiger partial charge in [-0.25, -0.2) is 9.36 Å². The maximum atomic E-state index is 14.2. The molecular formula is C34H50N5O21PS2. The molecule has 0 aliphatic carbocycles. The fourth-order valence-corrected chi connectivity index (χ4v) is 9.91. The lowest BCUT2D eigenvalue weighted by molar-refractivity contribution is -0.237. The van der Waals surface area contributed by atoms with E-state index in [1.165, 1.54) is 13.1 Å². The van der Waals surface area contributed by atoms with Gasteiger partial charge in [-0.15, -0.1) is 23.5 Å². The molecule has 4 heterocycles. The van der Waals surface area contributed by atoms with Crippen molar-refractivity contribution in [2.24, 2.45) is 5.11 Å². The van der Waals surface area contributed by atoms with Crippen LogP contribution in [0.3, 0.4) is 0 Å². The number of aromatic nitrogens is 2. The van der Waals surface area contributed by atoms with E-state index in [0.717, 1.165) is 55.8 Å². The summed E-state index contributed by atoms with van der Waals surface area (Å²) in [5.41, 5.74) is 5.66. The summed E-state index contributed by atoms with van der Waals surface area (Å²) in [7, 11) is -4.66. The number of phosphoric ester groups is 1. The number of ether oxygens (including phenoxy) is 7. The largest absolute Gasteiger partial charge is 0.474 e. The predicted octanol–water partition coefficient (Wildman–Crippen LogP) is -0.681. The number of H-pyrrole nitrogens is 1. The number of nitrogens with zero attached hydrogens (tertiary/aromatic N) is 4. The van der Waals surface area contributed by atoms with Crippen LogP contribution in [-0.4, -0.2) is 170 Å².